The predicted molar refractivity (Wildman–Crippen MR) is 57.6 cm³/mol. The number of phenols is 1. The summed E-state index contributed by atoms with van der Waals surface area (Å²) in [6.45, 7) is 0.445. The van der Waals surface area contributed by atoms with Crippen LogP contribution in [0.3, 0.4) is 0 Å². The largest absolute Gasteiger partial charge is 0.508 e. The highest BCUT2D eigenvalue weighted by molar-refractivity contribution is 5.79. The third-order valence-corrected chi connectivity index (χ3v) is 2.50. The molecule has 0 bridgehead atoms. The van der Waals surface area contributed by atoms with Crippen molar-refractivity contribution in [2.75, 3.05) is 6.61 Å². The fraction of sp³-hybridized carbons (Fsp3) is 0.250. The first-order chi connectivity index (χ1) is 7.65. The van der Waals surface area contributed by atoms with Crippen LogP contribution in [-0.2, 0) is 11.2 Å². The van der Waals surface area contributed by atoms with Crippen LogP contribution in [0.25, 0.3) is 0 Å². The molecule has 0 saturated carbocycles. The second-order valence-electron chi connectivity index (χ2n) is 3.76. The summed E-state index contributed by atoms with van der Waals surface area (Å²) >= 11 is 0. The van der Waals surface area contributed by atoms with Gasteiger partial charge in [-0.2, -0.15) is 0 Å². The first kappa shape index (κ1) is 10.5. The predicted octanol–water partition coefficient (Wildman–Crippen LogP) is 1.58. The Kier molecular flexibility index (Phi) is 2.81. The van der Waals surface area contributed by atoms with Gasteiger partial charge in [0, 0.05) is 18.1 Å². The van der Waals surface area contributed by atoms with Crippen molar-refractivity contribution < 1.29 is 19.7 Å². The molecule has 1 heterocycles. The van der Waals surface area contributed by atoms with E-state index in [-0.39, 0.29) is 11.7 Å². The number of hydrogen-bond acceptors (Lipinski definition) is 3. The van der Waals surface area contributed by atoms with Crippen LogP contribution >= 0.6 is 0 Å². The molecule has 1 aliphatic heterocycles. The van der Waals surface area contributed by atoms with Gasteiger partial charge in [-0.1, -0.05) is 12.1 Å². The second kappa shape index (κ2) is 4.26. The zero-order valence-corrected chi connectivity index (χ0v) is 8.59. The summed E-state index contributed by atoms with van der Waals surface area (Å²) in [5, 5.41) is 17.8. The summed E-state index contributed by atoms with van der Waals surface area (Å²) < 4.78 is 5.45. The van der Waals surface area contributed by atoms with Crippen molar-refractivity contribution in [2.45, 2.75) is 6.42 Å². The van der Waals surface area contributed by atoms with Crippen LogP contribution < -0.4 is 4.74 Å². The third-order valence-electron chi connectivity index (χ3n) is 2.50. The van der Waals surface area contributed by atoms with Crippen molar-refractivity contribution >= 4 is 5.97 Å². The highest BCUT2D eigenvalue weighted by Gasteiger charge is 2.18. The Hall–Kier alpha value is -1.97. The van der Waals surface area contributed by atoms with Gasteiger partial charge in [0.15, 0.2) is 0 Å². The maximum atomic E-state index is 10.4. The van der Waals surface area contributed by atoms with Crippen molar-refractivity contribution in [3.8, 4) is 11.5 Å². The molecule has 0 radical (unpaired) electrons. The summed E-state index contributed by atoms with van der Waals surface area (Å²) in [4.78, 5) is 10.4. The Labute approximate surface area is 92.8 Å². The molecule has 1 aliphatic rings. The Morgan fingerprint density at radius 3 is 3.06 bits per heavy atom. The van der Waals surface area contributed by atoms with E-state index < -0.39 is 5.97 Å². The smallest absolute Gasteiger partial charge is 0.327 e. The molecule has 4 nitrogen and oxygen atoms in total. The van der Waals surface area contributed by atoms with E-state index in [2.05, 4.69) is 0 Å². The number of phenolic OH excluding ortho intramolecular Hbond substituents is 1. The minimum atomic E-state index is -0.948. The van der Waals surface area contributed by atoms with Gasteiger partial charge in [0.25, 0.3) is 0 Å². The van der Waals surface area contributed by atoms with Gasteiger partial charge >= 0.3 is 5.97 Å². The van der Waals surface area contributed by atoms with E-state index in [9.17, 15) is 9.90 Å². The number of carboxylic acid groups (broad SMARTS) is 1. The Morgan fingerprint density at radius 1 is 1.50 bits per heavy atom. The van der Waals surface area contributed by atoms with E-state index in [0.717, 1.165) is 18.1 Å². The maximum absolute atomic E-state index is 10.4. The molecule has 0 aromatic heterocycles. The molecule has 1 aromatic rings. The SMILES string of the molecule is O=C(O)/C=C/[C@@H]1COc2cc(O)ccc2C1. The van der Waals surface area contributed by atoms with E-state index in [1.54, 1.807) is 24.3 Å². The van der Waals surface area contributed by atoms with Crippen LogP contribution in [0.2, 0.25) is 0 Å². The van der Waals surface area contributed by atoms with Gasteiger partial charge < -0.3 is 14.9 Å². The number of carbonyl (C=O) groups is 1. The van der Waals surface area contributed by atoms with Gasteiger partial charge in [-0.05, 0) is 18.1 Å². The maximum Gasteiger partial charge on any atom is 0.327 e. The standard InChI is InChI=1S/C12H12O4/c13-10-3-2-9-5-8(1-4-12(14)15)7-16-11(9)6-10/h1-4,6,8,13H,5,7H2,(H,14,15)/b4-1+/t8-/m0/s1. The lowest BCUT2D eigenvalue weighted by Gasteiger charge is -2.23. The van der Waals surface area contributed by atoms with Crippen LogP contribution in [0, 0.1) is 5.92 Å². The molecule has 0 saturated heterocycles. The third kappa shape index (κ3) is 2.34. The molecule has 0 fully saturated rings. The van der Waals surface area contributed by atoms with Crippen LogP contribution in [0.1, 0.15) is 5.56 Å². The Morgan fingerprint density at radius 2 is 2.31 bits per heavy atom. The zero-order chi connectivity index (χ0) is 11.5. The molecule has 84 valence electrons. The summed E-state index contributed by atoms with van der Waals surface area (Å²) in [6, 6.07) is 4.98. The molecular formula is C12H12O4. The van der Waals surface area contributed by atoms with Crippen LogP contribution in [0.5, 0.6) is 11.5 Å². The summed E-state index contributed by atoms with van der Waals surface area (Å²) in [5.74, 6) is -0.0112. The van der Waals surface area contributed by atoms with Gasteiger partial charge in [-0.3, -0.25) is 0 Å². The van der Waals surface area contributed by atoms with Crippen molar-refractivity contribution in [1.82, 2.24) is 0 Å². The Bertz CT molecular complexity index is 437. The Balaban J connectivity index is 2.12. The fourth-order valence-electron chi connectivity index (χ4n) is 1.73. The van der Waals surface area contributed by atoms with Gasteiger partial charge in [0.2, 0.25) is 0 Å². The van der Waals surface area contributed by atoms with E-state index in [1.165, 1.54) is 0 Å². The summed E-state index contributed by atoms with van der Waals surface area (Å²) in [5.41, 5.74) is 0.990. The lowest BCUT2D eigenvalue weighted by atomic mass is 9.96. The lowest BCUT2D eigenvalue weighted by molar-refractivity contribution is -0.131. The average molecular weight is 220 g/mol. The number of aliphatic carboxylic acids is 1. The normalized spacial score (nSPS) is 19.1. The number of rotatable bonds is 2. The monoisotopic (exact) mass is 220 g/mol. The molecule has 1 aromatic carbocycles. The molecule has 4 heteroatoms. The quantitative estimate of drug-likeness (QED) is 0.742. The lowest BCUT2D eigenvalue weighted by Crippen LogP contribution is -2.19. The van der Waals surface area contributed by atoms with Crippen LogP contribution in [-0.4, -0.2) is 22.8 Å². The van der Waals surface area contributed by atoms with Crippen molar-refractivity contribution in [1.29, 1.82) is 0 Å². The highest BCUT2D eigenvalue weighted by atomic mass is 16.5. The molecule has 0 amide bonds. The minimum Gasteiger partial charge on any atom is -0.508 e. The van der Waals surface area contributed by atoms with Crippen molar-refractivity contribution in [3.63, 3.8) is 0 Å². The summed E-state index contributed by atoms with van der Waals surface area (Å²) in [7, 11) is 0. The molecule has 2 N–H and O–H groups in total. The van der Waals surface area contributed by atoms with E-state index in [1.807, 2.05) is 0 Å². The molecular weight excluding hydrogens is 208 g/mol. The van der Waals surface area contributed by atoms with Crippen LogP contribution in [0.4, 0.5) is 0 Å². The molecule has 2 rings (SSSR count). The number of fused-ring (bicyclic) bond motifs is 1. The molecule has 0 spiro atoms. The van der Waals surface area contributed by atoms with Gasteiger partial charge in [-0.15, -0.1) is 0 Å². The number of carboxylic acids is 1. The second-order valence-corrected chi connectivity index (χ2v) is 3.76. The van der Waals surface area contributed by atoms with Crippen LogP contribution in [0.15, 0.2) is 30.4 Å². The summed E-state index contributed by atoms with van der Waals surface area (Å²) in [6.07, 6.45) is 3.51. The number of aromatic hydroxyl groups is 1. The number of ether oxygens (including phenoxy) is 1. The number of hydrogen-bond donors (Lipinski definition) is 2. The number of benzene rings is 1. The van der Waals surface area contributed by atoms with Gasteiger partial charge in [0.05, 0.1) is 6.61 Å². The molecule has 1 atom stereocenters. The van der Waals surface area contributed by atoms with E-state index in [4.69, 9.17) is 9.84 Å². The van der Waals surface area contributed by atoms with E-state index in [0.29, 0.717) is 12.4 Å². The topological polar surface area (TPSA) is 66.8 Å². The highest BCUT2D eigenvalue weighted by Crippen LogP contribution is 2.30. The first-order valence-corrected chi connectivity index (χ1v) is 5.01. The van der Waals surface area contributed by atoms with Crippen molar-refractivity contribution in [2.24, 2.45) is 5.92 Å². The molecule has 0 aliphatic carbocycles. The average Bonchev–Trinajstić information content (AvgIpc) is 2.26. The minimum absolute atomic E-state index is 0.0770. The van der Waals surface area contributed by atoms with Crippen molar-refractivity contribution in [3.05, 3.63) is 35.9 Å². The first-order valence-electron chi connectivity index (χ1n) is 5.01. The van der Waals surface area contributed by atoms with Gasteiger partial charge in [-0.25, -0.2) is 4.79 Å². The zero-order valence-electron chi connectivity index (χ0n) is 8.59. The molecule has 16 heavy (non-hydrogen) atoms. The van der Waals surface area contributed by atoms with Gasteiger partial charge in [0.1, 0.15) is 11.5 Å². The van der Waals surface area contributed by atoms with E-state index >= 15 is 0 Å². The molecule has 0 unspecified atom stereocenters. The fourth-order valence-corrected chi connectivity index (χ4v) is 1.73.